The monoisotopic (exact) mass is 352 g/mol. The van der Waals surface area contributed by atoms with Crippen LogP contribution in [-0.4, -0.2) is 31.5 Å². The van der Waals surface area contributed by atoms with Crippen LogP contribution in [0.5, 0.6) is 0 Å². The van der Waals surface area contributed by atoms with Crippen LogP contribution in [0, 0.1) is 18.8 Å². The third kappa shape index (κ3) is 3.39. The van der Waals surface area contributed by atoms with Crippen LogP contribution >= 0.6 is 22.0 Å². The van der Waals surface area contributed by atoms with E-state index >= 15 is 0 Å². The van der Waals surface area contributed by atoms with Crippen LogP contribution in [0.25, 0.3) is 0 Å². The zero-order valence-corrected chi connectivity index (χ0v) is 14.5. The molecule has 1 aromatic rings. The maximum Gasteiger partial charge on any atom is 0.272 e. The summed E-state index contributed by atoms with van der Waals surface area (Å²) in [5.74, 6) is -0.427. The van der Waals surface area contributed by atoms with E-state index in [0.717, 1.165) is 11.3 Å². The molecule has 2 rings (SSSR count). The Bertz CT molecular complexity index is 658. The Balaban J connectivity index is 2.18. The molecule has 6 nitrogen and oxygen atoms in total. The molecule has 0 spiro atoms. The lowest BCUT2D eigenvalue weighted by Crippen LogP contribution is -2.31. The number of anilines is 1. The highest BCUT2D eigenvalue weighted by Crippen LogP contribution is 2.34. The van der Waals surface area contributed by atoms with Gasteiger partial charge in [-0.05, 0) is 26.7 Å². The summed E-state index contributed by atoms with van der Waals surface area (Å²) in [6, 6.07) is 0. The van der Waals surface area contributed by atoms with Crippen LogP contribution in [0.4, 0.5) is 5.13 Å². The predicted molar refractivity (Wildman–Crippen MR) is 81.2 cm³/mol. The van der Waals surface area contributed by atoms with Crippen molar-refractivity contribution in [1.29, 1.82) is 0 Å². The number of hydrogen-bond acceptors (Lipinski definition) is 6. The number of halogens is 1. The largest absolute Gasteiger partial charge is 0.374 e. The van der Waals surface area contributed by atoms with Gasteiger partial charge in [-0.2, -0.15) is 0 Å². The predicted octanol–water partition coefficient (Wildman–Crippen LogP) is 2.38. The van der Waals surface area contributed by atoms with Gasteiger partial charge in [-0.1, -0.05) is 18.3 Å². The number of nitrogens with one attached hydrogen (secondary N) is 1. The third-order valence-corrected chi connectivity index (χ3v) is 7.00. The number of thiazole rings is 1. The Labute approximate surface area is 132 Å². The van der Waals surface area contributed by atoms with E-state index in [-0.39, 0.29) is 45.0 Å². The molecule has 9 heteroatoms. The lowest BCUT2D eigenvalue weighted by molar-refractivity contribution is -0.121. The Morgan fingerprint density at radius 2 is 1.95 bits per heavy atom. The van der Waals surface area contributed by atoms with Gasteiger partial charge in [-0.25, -0.2) is 13.4 Å². The first-order valence-corrected chi connectivity index (χ1v) is 9.62. The zero-order chi connectivity index (χ0) is 15.9. The molecule has 0 bridgehead atoms. The van der Waals surface area contributed by atoms with E-state index in [9.17, 15) is 13.2 Å². The molecule has 1 amide bonds. The number of rotatable bonds is 3. The van der Waals surface area contributed by atoms with Crippen LogP contribution in [0.15, 0.2) is 4.21 Å². The highest BCUT2D eigenvalue weighted by molar-refractivity contribution is 8.15. The van der Waals surface area contributed by atoms with Crippen molar-refractivity contribution in [3.8, 4) is 0 Å². The number of aryl methyl sites for hydroxylation is 1. The van der Waals surface area contributed by atoms with Crippen molar-refractivity contribution >= 4 is 42.1 Å². The van der Waals surface area contributed by atoms with Gasteiger partial charge in [0.25, 0.3) is 9.05 Å². The number of carbonyl (C=O) groups is 1. The minimum Gasteiger partial charge on any atom is -0.374 e. The molecule has 0 aromatic carbocycles. The second-order valence-electron chi connectivity index (χ2n) is 5.25. The fraction of sp³-hybridized carbons (Fsp3) is 0.667. The molecule has 1 aliphatic rings. The summed E-state index contributed by atoms with van der Waals surface area (Å²) in [5, 5.41) is 2.90. The van der Waals surface area contributed by atoms with Gasteiger partial charge in [0.15, 0.2) is 9.34 Å². The fourth-order valence-electron chi connectivity index (χ4n) is 2.57. The number of nitrogens with zero attached hydrogens (tertiary/aromatic N) is 1. The molecular formula is C12H17ClN2O4S2. The third-order valence-electron chi connectivity index (χ3n) is 3.75. The molecule has 1 aliphatic heterocycles. The summed E-state index contributed by atoms with van der Waals surface area (Å²) in [5.41, 5.74) is 0.280. The van der Waals surface area contributed by atoms with Gasteiger partial charge in [-0.15, -0.1) is 0 Å². The van der Waals surface area contributed by atoms with Gasteiger partial charge in [-0.3, -0.25) is 4.79 Å². The molecule has 4 unspecified atom stereocenters. The second-order valence-corrected chi connectivity index (χ2v) is 9.01. The number of amides is 1. The first-order chi connectivity index (χ1) is 9.61. The van der Waals surface area contributed by atoms with Gasteiger partial charge in [0, 0.05) is 10.7 Å². The van der Waals surface area contributed by atoms with Crippen LogP contribution in [0.2, 0.25) is 0 Å². The standard InChI is InChI=1S/C12H17ClN2O4S2/c1-5-7(3)19-8(4)9(5)10(16)15-12-14-6(2)11(20-12)21(13,17)18/h5,7-9H,1-4H3,(H,14,15,16). The van der Waals surface area contributed by atoms with Gasteiger partial charge in [0.1, 0.15) is 0 Å². The minimum absolute atomic E-state index is 0.00700. The van der Waals surface area contributed by atoms with Crippen molar-refractivity contribution in [2.24, 2.45) is 11.8 Å². The molecule has 0 saturated carbocycles. The minimum atomic E-state index is -3.85. The quantitative estimate of drug-likeness (QED) is 0.844. The maximum atomic E-state index is 12.3. The summed E-state index contributed by atoms with van der Waals surface area (Å²) < 4.78 is 28.3. The maximum absolute atomic E-state index is 12.3. The molecule has 0 aliphatic carbocycles. The highest BCUT2D eigenvalue weighted by atomic mass is 35.7. The first-order valence-electron chi connectivity index (χ1n) is 6.49. The van der Waals surface area contributed by atoms with Crippen molar-refractivity contribution in [3.05, 3.63) is 5.69 Å². The summed E-state index contributed by atoms with van der Waals surface area (Å²) in [4.78, 5) is 16.4. The van der Waals surface area contributed by atoms with Crippen molar-refractivity contribution in [2.45, 2.75) is 44.1 Å². The van der Waals surface area contributed by atoms with E-state index in [1.165, 1.54) is 6.92 Å². The molecule has 1 N–H and O–H groups in total. The first kappa shape index (κ1) is 16.7. The van der Waals surface area contributed by atoms with Crippen LogP contribution in [0.3, 0.4) is 0 Å². The topological polar surface area (TPSA) is 85.4 Å². The molecule has 1 fully saturated rings. The van der Waals surface area contributed by atoms with Crippen molar-refractivity contribution in [2.75, 3.05) is 5.32 Å². The van der Waals surface area contributed by atoms with Gasteiger partial charge >= 0.3 is 0 Å². The summed E-state index contributed by atoms with van der Waals surface area (Å²) in [7, 11) is 1.47. The molecule has 21 heavy (non-hydrogen) atoms. The Morgan fingerprint density at radius 1 is 1.33 bits per heavy atom. The highest BCUT2D eigenvalue weighted by Gasteiger charge is 2.41. The summed E-state index contributed by atoms with van der Waals surface area (Å²) in [6.07, 6.45) is -0.181. The molecule has 1 saturated heterocycles. The fourth-order valence-corrected chi connectivity index (χ4v) is 4.92. The summed E-state index contributed by atoms with van der Waals surface area (Å²) >= 11 is 0.853. The second kappa shape index (κ2) is 5.83. The van der Waals surface area contributed by atoms with E-state index < -0.39 is 9.05 Å². The van der Waals surface area contributed by atoms with Gasteiger partial charge < -0.3 is 10.1 Å². The molecule has 0 radical (unpaired) electrons. The number of aromatic nitrogens is 1. The Kier molecular flexibility index (Phi) is 4.63. The lowest BCUT2D eigenvalue weighted by atomic mass is 9.89. The van der Waals surface area contributed by atoms with Gasteiger partial charge in [0.2, 0.25) is 5.91 Å². The smallest absolute Gasteiger partial charge is 0.272 e. The van der Waals surface area contributed by atoms with E-state index in [1.807, 2.05) is 20.8 Å². The lowest BCUT2D eigenvalue weighted by Gasteiger charge is -2.16. The zero-order valence-electron chi connectivity index (χ0n) is 12.1. The Morgan fingerprint density at radius 3 is 2.38 bits per heavy atom. The van der Waals surface area contributed by atoms with Crippen molar-refractivity contribution < 1.29 is 17.9 Å². The van der Waals surface area contributed by atoms with Crippen LogP contribution in [0.1, 0.15) is 26.5 Å². The number of hydrogen-bond donors (Lipinski definition) is 1. The van der Waals surface area contributed by atoms with Gasteiger partial charge in [0.05, 0.1) is 23.8 Å². The Hall–Kier alpha value is -0.700. The summed E-state index contributed by atoms with van der Waals surface area (Å²) in [6.45, 7) is 7.28. The SMILES string of the molecule is Cc1nc(NC(=O)C2C(C)OC(C)C2C)sc1S(=O)(=O)Cl. The van der Waals surface area contributed by atoms with Crippen LogP contribution < -0.4 is 5.32 Å². The average Bonchev–Trinajstić information content (AvgIpc) is 2.80. The van der Waals surface area contributed by atoms with E-state index in [1.54, 1.807) is 0 Å². The molecule has 1 aromatic heterocycles. The van der Waals surface area contributed by atoms with Crippen molar-refractivity contribution in [1.82, 2.24) is 4.98 Å². The average molecular weight is 353 g/mol. The van der Waals surface area contributed by atoms with E-state index in [4.69, 9.17) is 15.4 Å². The normalized spacial score (nSPS) is 29.6. The molecule has 4 atom stereocenters. The van der Waals surface area contributed by atoms with Crippen molar-refractivity contribution in [3.63, 3.8) is 0 Å². The van der Waals surface area contributed by atoms with Crippen LogP contribution in [-0.2, 0) is 18.6 Å². The molecule has 2 heterocycles. The number of carbonyl (C=O) groups excluding carboxylic acids is 1. The van der Waals surface area contributed by atoms with E-state index in [0.29, 0.717) is 0 Å². The van der Waals surface area contributed by atoms with E-state index in [2.05, 4.69) is 10.3 Å². The molecule has 118 valence electrons. The molecular weight excluding hydrogens is 336 g/mol. The number of ether oxygens (including phenoxy) is 1.